The Kier molecular flexibility index (Phi) is 5.24. The first kappa shape index (κ1) is 18.3. The van der Waals surface area contributed by atoms with Gasteiger partial charge >= 0.3 is 0 Å². The maximum atomic E-state index is 12.6. The molecule has 2 aromatic rings. The fourth-order valence-corrected chi connectivity index (χ4v) is 3.68. The molecule has 1 aliphatic rings. The molecule has 0 atom stereocenters. The number of sulfonamides is 1. The highest BCUT2D eigenvalue weighted by atomic mass is 32.2. The molecule has 0 saturated carbocycles. The number of anilines is 2. The highest BCUT2D eigenvalue weighted by Gasteiger charge is 2.17. The van der Waals surface area contributed by atoms with Gasteiger partial charge in [-0.15, -0.1) is 0 Å². The van der Waals surface area contributed by atoms with Gasteiger partial charge < -0.3 is 10.2 Å². The van der Waals surface area contributed by atoms with Crippen LogP contribution in [0, 0.1) is 6.92 Å². The van der Waals surface area contributed by atoms with E-state index >= 15 is 0 Å². The molecule has 1 aromatic carbocycles. The summed E-state index contributed by atoms with van der Waals surface area (Å²) in [4.78, 5) is 19.2. The first-order valence-electron chi connectivity index (χ1n) is 8.47. The average Bonchev–Trinajstić information content (AvgIpc) is 3.17. The SMILES string of the molecule is CNS(=O)(=O)c1ccc(C)c(C(=O)Nc2ccc(N3CCCC3)nc2)c1. The molecule has 1 fully saturated rings. The van der Waals surface area contributed by atoms with E-state index in [9.17, 15) is 13.2 Å². The van der Waals surface area contributed by atoms with Crippen molar-refractivity contribution in [2.75, 3.05) is 30.4 Å². The molecule has 8 heteroatoms. The zero-order valence-corrected chi connectivity index (χ0v) is 15.6. The van der Waals surface area contributed by atoms with Gasteiger partial charge in [-0.05, 0) is 56.6 Å². The number of pyridine rings is 1. The van der Waals surface area contributed by atoms with E-state index in [1.807, 2.05) is 12.1 Å². The van der Waals surface area contributed by atoms with Crippen molar-refractivity contribution in [2.45, 2.75) is 24.7 Å². The number of rotatable bonds is 5. The van der Waals surface area contributed by atoms with Crippen LogP contribution in [0.3, 0.4) is 0 Å². The van der Waals surface area contributed by atoms with E-state index in [0.717, 1.165) is 18.9 Å². The summed E-state index contributed by atoms with van der Waals surface area (Å²) < 4.78 is 26.2. The fraction of sp³-hybridized carbons (Fsp3) is 0.333. The van der Waals surface area contributed by atoms with Gasteiger partial charge in [0.1, 0.15) is 5.82 Å². The number of carbonyl (C=O) groups excluding carboxylic acids is 1. The summed E-state index contributed by atoms with van der Waals surface area (Å²) in [6.07, 6.45) is 3.96. The van der Waals surface area contributed by atoms with Gasteiger partial charge in [0.2, 0.25) is 10.0 Å². The second-order valence-electron chi connectivity index (χ2n) is 6.24. The Balaban J connectivity index is 1.78. The molecule has 1 saturated heterocycles. The number of carbonyl (C=O) groups is 1. The largest absolute Gasteiger partial charge is 0.357 e. The Labute approximate surface area is 153 Å². The quantitative estimate of drug-likeness (QED) is 0.837. The topological polar surface area (TPSA) is 91.4 Å². The van der Waals surface area contributed by atoms with Crippen molar-refractivity contribution in [3.8, 4) is 0 Å². The van der Waals surface area contributed by atoms with E-state index < -0.39 is 10.0 Å². The highest BCUT2D eigenvalue weighted by Crippen LogP contribution is 2.20. The third kappa shape index (κ3) is 3.86. The van der Waals surface area contributed by atoms with Crippen molar-refractivity contribution >= 4 is 27.4 Å². The Bertz CT molecular complexity index is 905. The molecule has 2 heterocycles. The lowest BCUT2D eigenvalue weighted by molar-refractivity contribution is 0.102. The molecular formula is C18H22N4O3S. The van der Waals surface area contributed by atoms with Crippen molar-refractivity contribution < 1.29 is 13.2 Å². The maximum absolute atomic E-state index is 12.6. The summed E-state index contributed by atoms with van der Waals surface area (Å²) in [5.74, 6) is 0.533. The van der Waals surface area contributed by atoms with Crippen LogP contribution < -0.4 is 14.9 Å². The molecule has 1 amide bonds. The zero-order valence-electron chi connectivity index (χ0n) is 14.8. The monoisotopic (exact) mass is 374 g/mol. The van der Waals surface area contributed by atoms with Crippen LogP contribution >= 0.6 is 0 Å². The summed E-state index contributed by atoms with van der Waals surface area (Å²) in [5, 5.41) is 2.78. The molecule has 7 nitrogen and oxygen atoms in total. The molecular weight excluding hydrogens is 352 g/mol. The summed E-state index contributed by atoms with van der Waals surface area (Å²) in [6.45, 7) is 3.77. The van der Waals surface area contributed by atoms with Crippen LogP contribution in [0.15, 0.2) is 41.4 Å². The third-order valence-corrected chi connectivity index (χ3v) is 5.88. The molecule has 1 aromatic heterocycles. The van der Waals surface area contributed by atoms with Gasteiger partial charge in [-0.25, -0.2) is 18.1 Å². The zero-order chi connectivity index (χ0) is 18.7. The lowest BCUT2D eigenvalue weighted by Crippen LogP contribution is -2.20. The van der Waals surface area contributed by atoms with E-state index in [-0.39, 0.29) is 10.8 Å². The van der Waals surface area contributed by atoms with Crippen LogP contribution in [-0.2, 0) is 10.0 Å². The molecule has 2 N–H and O–H groups in total. The van der Waals surface area contributed by atoms with Gasteiger partial charge in [0.05, 0.1) is 16.8 Å². The minimum Gasteiger partial charge on any atom is -0.357 e. The normalized spacial score (nSPS) is 14.5. The predicted octanol–water partition coefficient (Wildman–Crippen LogP) is 2.15. The molecule has 3 rings (SSSR count). The molecule has 0 bridgehead atoms. The van der Waals surface area contributed by atoms with E-state index in [0.29, 0.717) is 16.8 Å². The van der Waals surface area contributed by atoms with Gasteiger partial charge in [-0.1, -0.05) is 6.07 Å². The van der Waals surface area contributed by atoms with Crippen LogP contribution in [0.5, 0.6) is 0 Å². The number of aromatic nitrogens is 1. The lowest BCUT2D eigenvalue weighted by atomic mass is 10.1. The van der Waals surface area contributed by atoms with Gasteiger partial charge in [0, 0.05) is 18.7 Å². The smallest absolute Gasteiger partial charge is 0.256 e. The number of nitrogens with zero attached hydrogens (tertiary/aromatic N) is 2. The summed E-state index contributed by atoms with van der Waals surface area (Å²) >= 11 is 0. The van der Waals surface area contributed by atoms with E-state index in [1.54, 1.807) is 19.2 Å². The molecule has 0 radical (unpaired) electrons. The molecule has 1 aliphatic heterocycles. The maximum Gasteiger partial charge on any atom is 0.256 e. The van der Waals surface area contributed by atoms with Gasteiger partial charge in [0.25, 0.3) is 5.91 Å². The first-order valence-corrected chi connectivity index (χ1v) is 9.95. The van der Waals surface area contributed by atoms with Crippen LogP contribution in [0.1, 0.15) is 28.8 Å². The Morgan fingerprint density at radius 2 is 1.88 bits per heavy atom. The number of benzene rings is 1. The number of hydrogen-bond donors (Lipinski definition) is 2. The van der Waals surface area contributed by atoms with Crippen LogP contribution in [-0.4, -0.2) is 39.4 Å². The van der Waals surface area contributed by atoms with Crippen molar-refractivity contribution in [1.29, 1.82) is 0 Å². The minimum absolute atomic E-state index is 0.0539. The second kappa shape index (κ2) is 7.43. The van der Waals surface area contributed by atoms with Crippen LogP contribution in [0.2, 0.25) is 0 Å². The number of amides is 1. The van der Waals surface area contributed by atoms with E-state index in [4.69, 9.17) is 0 Å². The Morgan fingerprint density at radius 1 is 1.15 bits per heavy atom. The van der Waals surface area contributed by atoms with Crippen LogP contribution in [0.25, 0.3) is 0 Å². The molecule has 0 aliphatic carbocycles. The highest BCUT2D eigenvalue weighted by molar-refractivity contribution is 7.89. The van der Waals surface area contributed by atoms with Gasteiger partial charge in [-0.2, -0.15) is 0 Å². The standard InChI is InChI=1S/C18H22N4O3S/c1-13-5-7-15(26(24,25)19-2)11-16(13)18(23)21-14-6-8-17(20-12-14)22-9-3-4-10-22/h5-8,11-12,19H,3-4,9-10H2,1-2H3,(H,21,23). The van der Waals surface area contributed by atoms with Gasteiger partial charge in [-0.3, -0.25) is 4.79 Å². The third-order valence-electron chi connectivity index (χ3n) is 4.47. The molecule has 0 unspecified atom stereocenters. The number of aryl methyl sites for hydroxylation is 1. The van der Waals surface area contributed by atoms with Crippen molar-refractivity contribution in [3.63, 3.8) is 0 Å². The summed E-state index contributed by atoms with van der Waals surface area (Å²) in [6, 6.07) is 8.17. The molecule has 0 spiro atoms. The lowest BCUT2D eigenvalue weighted by Gasteiger charge is -2.16. The van der Waals surface area contributed by atoms with E-state index in [2.05, 4.69) is 19.9 Å². The van der Waals surface area contributed by atoms with Crippen molar-refractivity contribution in [2.24, 2.45) is 0 Å². The summed E-state index contributed by atoms with van der Waals surface area (Å²) in [7, 11) is -2.27. The average molecular weight is 374 g/mol. The van der Waals surface area contributed by atoms with Crippen LogP contribution in [0.4, 0.5) is 11.5 Å². The second-order valence-corrected chi connectivity index (χ2v) is 8.12. The number of nitrogens with one attached hydrogen (secondary N) is 2. The molecule has 26 heavy (non-hydrogen) atoms. The van der Waals surface area contributed by atoms with Gasteiger partial charge in [0.15, 0.2) is 0 Å². The Hall–Kier alpha value is -2.45. The predicted molar refractivity (Wildman–Crippen MR) is 101 cm³/mol. The summed E-state index contributed by atoms with van der Waals surface area (Å²) in [5.41, 5.74) is 1.57. The fourth-order valence-electron chi connectivity index (χ4n) is 2.92. The Morgan fingerprint density at radius 3 is 2.50 bits per heavy atom. The molecule has 138 valence electrons. The van der Waals surface area contributed by atoms with Crippen molar-refractivity contribution in [1.82, 2.24) is 9.71 Å². The number of hydrogen-bond acceptors (Lipinski definition) is 5. The first-order chi connectivity index (χ1) is 12.4. The van der Waals surface area contributed by atoms with E-state index in [1.165, 1.54) is 32.0 Å². The van der Waals surface area contributed by atoms with Crippen molar-refractivity contribution in [3.05, 3.63) is 47.7 Å². The minimum atomic E-state index is -3.61.